The first kappa shape index (κ1) is 9.05. The molecule has 1 saturated heterocycles. The van der Waals surface area contributed by atoms with Crippen LogP contribution in [0.25, 0.3) is 0 Å². The molecule has 0 aliphatic carbocycles. The maximum atomic E-state index is 5.46. The van der Waals surface area contributed by atoms with Crippen molar-refractivity contribution in [3.05, 3.63) is 0 Å². The first-order valence-corrected chi connectivity index (χ1v) is 4.87. The van der Waals surface area contributed by atoms with Crippen LogP contribution < -0.4 is 0 Å². The number of hydrogen-bond acceptors (Lipinski definition) is 1. The fraction of sp³-hybridized carbons (Fsp3) is 1.00. The Bertz CT molecular complexity index is 110. The van der Waals surface area contributed by atoms with Crippen LogP contribution in [0.3, 0.4) is 0 Å². The van der Waals surface area contributed by atoms with Crippen LogP contribution >= 0.6 is 0 Å². The fourth-order valence-corrected chi connectivity index (χ4v) is 1.80. The highest BCUT2D eigenvalue weighted by Crippen LogP contribution is 2.39. The molecule has 1 atom stereocenters. The van der Waals surface area contributed by atoms with Gasteiger partial charge in [-0.25, -0.2) is 0 Å². The molecule has 11 heavy (non-hydrogen) atoms. The van der Waals surface area contributed by atoms with Crippen molar-refractivity contribution in [3.63, 3.8) is 0 Å². The van der Waals surface area contributed by atoms with Gasteiger partial charge in [-0.2, -0.15) is 0 Å². The summed E-state index contributed by atoms with van der Waals surface area (Å²) >= 11 is 0. The van der Waals surface area contributed by atoms with Crippen molar-refractivity contribution in [1.29, 1.82) is 0 Å². The van der Waals surface area contributed by atoms with E-state index in [4.69, 9.17) is 4.74 Å². The summed E-state index contributed by atoms with van der Waals surface area (Å²) in [4.78, 5) is 0. The van der Waals surface area contributed by atoms with Crippen molar-refractivity contribution in [1.82, 2.24) is 0 Å². The van der Waals surface area contributed by atoms with Gasteiger partial charge in [-0.15, -0.1) is 0 Å². The van der Waals surface area contributed by atoms with E-state index in [2.05, 4.69) is 20.8 Å². The first-order valence-electron chi connectivity index (χ1n) is 4.87. The minimum absolute atomic E-state index is 0.270. The monoisotopic (exact) mass is 156 g/mol. The van der Waals surface area contributed by atoms with Crippen molar-refractivity contribution in [3.8, 4) is 0 Å². The third kappa shape index (κ3) is 2.19. The summed E-state index contributed by atoms with van der Waals surface area (Å²) in [7, 11) is 0. The minimum Gasteiger partial charge on any atom is -0.370 e. The molecule has 0 N–H and O–H groups in total. The van der Waals surface area contributed by atoms with Crippen LogP contribution in [-0.2, 0) is 4.74 Å². The van der Waals surface area contributed by atoms with Gasteiger partial charge in [0, 0.05) is 0 Å². The van der Waals surface area contributed by atoms with Gasteiger partial charge in [-0.05, 0) is 25.7 Å². The predicted octanol–water partition coefficient (Wildman–Crippen LogP) is 2.99. The van der Waals surface area contributed by atoms with Gasteiger partial charge < -0.3 is 4.74 Å². The Morgan fingerprint density at radius 3 is 2.00 bits per heavy atom. The molecular formula is C10H20O. The molecule has 66 valence electrons. The van der Waals surface area contributed by atoms with Crippen LogP contribution in [0, 0.1) is 5.92 Å². The van der Waals surface area contributed by atoms with E-state index < -0.39 is 0 Å². The van der Waals surface area contributed by atoms with Crippen LogP contribution in [0.1, 0.15) is 46.5 Å². The third-order valence-corrected chi connectivity index (χ3v) is 2.74. The van der Waals surface area contributed by atoms with E-state index in [0.717, 1.165) is 12.5 Å². The molecule has 1 nitrogen and oxygen atoms in total. The van der Waals surface area contributed by atoms with Gasteiger partial charge in [0.2, 0.25) is 0 Å². The van der Waals surface area contributed by atoms with E-state index >= 15 is 0 Å². The highest BCUT2D eigenvalue weighted by Gasteiger charge is 2.45. The van der Waals surface area contributed by atoms with Gasteiger partial charge in [0.25, 0.3) is 0 Å². The molecule has 0 spiro atoms. The van der Waals surface area contributed by atoms with Gasteiger partial charge in [-0.3, -0.25) is 0 Å². The Balaban J connectivity index is 2.32. The highest BCUT2D eigenvalue weighted by atomic mass is 16.6. The average molecular weight is 156 g/mol. The van der Waals surface area contributed by atoms with E-state index in [1.165, 1.54) is 25.7 Å². The summed E-state index contributed by atoms with van der Waals surface area (Å²) in [6, 6.07) is 0. The molecule has 0 amide bonds. The second kappa shape index (κ2) is 3.57. The number of rotatable bonds is 5. The lowest BCUT2D eigenvalue weighted by Crippen LogP contribution is -2.20. The second-order valence-electron chi connectivity index (χ2n) is 3.88. The van der Waals surface area contributed by atoms with Crippen molar-refractivity contribution >= 4 is 0 Å². The highest BCUT2D eigenvalue weighted by molar-refractivity contribution is 4.93. The van der Waals surface area contributed by atoms with Gasteiger partial charge in [0.1, 0.15) is 0 Å². The first-order chi connectivity index (χ1) is 5.23. The largest absolute Gasteiger partial charge is 0.370 e. The van der Waals surface area contributed by atoms with Gasteiger partial charge in [0.05, 0.1) is 12.2 Å². The molecule has 1 heteroatoms. The zero-order chi connectivity index (χ0) is 8.32. The zero-order valence-electron chi connectivity index (χ0n) is 8.02. The SMILES string of the molecule is CCCC(CCC)C1(C)CO1. The Labute approximate surface area is 70.1 Å². The van der Waals surface area contributed by atoms with Crippen LogP contribution in [-0.4, -0.2) is 12.2 Å². The van der Waals surface area contributed by atoms with Gasteiger partial charge in [0.15, 0.2) is 0 Å². The lowest BCUT2D eigenvalue weighted by Gasteiger charge is -2.18. The van der Waals surface area contributed by atoms with Crippen molar-refractivity contribution in [2.75, 3.05) is 6.61 Å². The van der Waals surface area contributed by atoms with Crippen LogP contribution in [0.2, 0.25) is 0 Å². The Kier molecular flexibility index (Phi) is 2.94. The summed E-state index contributed by atoms with van der Waals surface area (Å²) < 4.78 is 5.46. The predicted molar refractivity (Wildman–Crippen MR) is 47.7 cm³/mol. The molecular weight excluding hydrogens is 136 g/mol. The van der Waals surface area contributed by atoms with Crippen LogP contribution in [0.15, 0.2) is 0 Å². The molecule has 1 unspecified atom stereocenters. The van der Waals surface area contributed by atoms with E-state index in [1.54, 1.807) is 0 Å². The summed E-state index contributed by atoms with van der Waals surface area (Å²) in [5, 5.41) is 0. The summed E-state index contributed by atoms with van der Waals surface area (Å²) in [5.74, 6) is 0.817. The molecule has 0 saturated carbocycles. The maximum absolute atomic E-state index is 5.46. The van der Waals surface area contributed by atoms with Crippen LogP contribution in [0.5, 0.6) is 0 Å². The number of epoxide rings is 1. The molecule has 0 aromatic carbocycles. The zero-order valence-corrected chi connectivity index (χ0v) is 8.02. The topological polar surface area (TPSA) is 12.5 Å². The lowest BCUT2D eigenvalue weighted by atomic mass is 9.87. The summed E-state index contributed by atoms with van der Waals surface area (Å²) in [6.07, 6.45) is 5.27. The van der Waals surface area contributed by atoms with E-state index in [9.17, 15) is 0 Å². The third-order valence-electron chi connectivity index (χ3n) is 2.74. The standard InChI is InChI=1S/C10H20O/c1-4-6-9(7-5-2)10(3)8-11-10/h9H,4-8H2,1-3H3. The molecule has 0 bridgehead atoms. The molecule has 1 aliphatic rings. The van der Waals surface area contributed by atoms with Crippen molar-refractivity contribution < 1.29 is 4.74 Å². The second-order valence-corrected chi connectivity index (χ2v) is 3.88. The normalized spacial score (nSPS) is 29.5. The fourth-order valence-electron chi connectivity index (χ4n) is 1.80. The average Bonchev–Trinajstić information content (AvgIpc) is 2.69. The van der Waals surface area contributed by atoms with E-state index in [0.29, 0.717) is 0 Å². The Morgan fingerprint density at radius 1 is 1.27 bits per heavy atom. The maximum Gasteiger partial charge on any atom is 0.0916 e. The lowest BCUT2D eigenvalue weighted by molar-refractivity contribution is 0.212. The molecule has 0 radical (unpaired) electrons. The van der Waals surface area contributed by atoms with E-state index in [-0.39, 0.29) is 5.60 Å². The Hall–Kier alpha value is -0.0400. The molecule has 1 rings (SSSR count). The summed E-state index contributed by atoms with van der Waals surface area (Å²) in [5.41, 5.74) is 0.270. The number of ether oxygens (including phenoxy) is 1. The minimum atomic E-state index is 0.270. The van der Waals surface area contributed by atoms with Crippen molar-refractivity contribution in [2.24, 2.45) is 5.92 Å². The van der Waals surface area contributed by atoms with E-state index in [1.807, 2.05) is 0 Å². The molecule has 1 aliphatic heterocycles. The van der Waals surface area contributed by atoms with Crippen molar-refractivity contribution in [2.45, 2.75) is 52.1 Å². The molecule has 0 aromatic rings. The smallest absolute Gasteiger partial charge is 0.0916 e. The molecule has 0 aromatic heterocycles. The Morgan fingerprint density at radius 2 is 1.73 bits per heavy atom. The molecule has 1 heterocycles. The van der Waals surface area contributed by atoms with Gasteiger partial charge >= 0.3 is 0 Å². The van der Waals surface area contributed by atoms with Crippen LogP contribution in [0.4, 0.5) is 0 Å². The summed E-state index contributed by atoms with van der Waals surface area (Å²) in [6.45, 7) is 7.77. The quantitative estimate of drug-likeness (QED) is 0.557. The van der Waals surface area contributed by atoms with Gasteiger partial charge in [-0.1, -0.05) is 26.7 Å². The number of hydrogen-bond donors (Lipinski definition) is 0. The molecule has 1 fully saturated rings.